The summed E-state index contributed by atoms with van der Waals surface area (Å²) in [4.78, 5) is 12.9. The molecule has 1 aromatic heterocycles. The smallest absolute Gasteiger partial charge is 0.332 e. The first-order valence-corrected chi connectivity index (χ1v) is 11.5. The van der Waals surface area contributed by atoms with Gasteiger partial charge < -0.3 is 14.8 Å². The predicted octanol–water partition coefficient (Wildman–Crippen LogP) is 4.65. The summed E-state index contributed by atoms with van der Waals surface area (Å²) in [5, 5.41) is 12.7. The molecule has 4 N–H and O–H groups in total. The molecule has 1 heterocycles. The van der Waals surface area contributed by atoms with Gasteiger partial charge in [0.25, 0.3) is 0 Å². The second-order valence-electron chi connectivity index (χ2n) is 8.12. The Bertz CT molecular complexity index is 1270. The van der Waals surface area contributed by atoms with Crippen molar-refractivity contribution in [3.05, 3.63) is 46.7 Å². The highest BCUT2D eigenvalue weighted by Gasteiger charge is 2.32. The van der Waals surface area contributed by atoms with Gasteiger partial charge in [0.1, 0.15) is 0 Å². The van der Waals surface area contributed by atoms with Crippen LogP contribution < -0.4 is 10.0 Å². The molecule has 2 atom stereocenters. The molecule has 0 aliphatic heterocycles. The molecule has 0 saturated heterocycles. The van der Waals surface area contributed by atoms with Crippen LogP contribution in [-0.2, 0) is 28.4 Å². The first-order chi connectivity index (χ1) is 16.6. The zero-order valence-corrected chi connectivity index (χ0v) is 17.4. The number of fused-ring (bicyclic) bond motifs is 1. The zero-order chi connectivity index (χ0) is 26.7. The maximum absolute atomic E-state index is 13.0. The molecule has 2 aliphatic carbocycles. The molecule has 0 radical (unpaired) electrons. The molecule has 1 unspecified atom stereocenters. The van der Waals surface area contributed by atoms with Crippen LogP contribution in [0, 0.1) is 10.7 Å². The molecule has 2 amide bonds. The van der Waals surface area contributed by atoms with Crippen LogP contribution in [0.3, 0.4) is 0 Å². The third-order valence-corrected chi connectivity index (χ3v) is 7.14. The Morgan fingerprint density at radius 2 is 2.17 bits per heavy atom. The van der Waals surface area contributed by atoms with Crippen molar-refractivity contribution in [3.8, 4) is 0 Å². The Morgan fingerprint density at radius 3 is 2.87 bits per heavy atom. The normalized spacial score (nSPS) is 22.9. The fraction of sp³-hybridized carbons (Fsp3) is 0.500. The summed E-state index contributed by atoms with van der Waals surface area (Å²) >= 11 is 0. The number of benzene rings is 1. The van der Waals surface area contributed by atoms with Gasteiger partial charge in [0.15, 0.2) is 9.92 Å². The van der Waals surface area contributed by atoms with Crippen LogP contribution in [-0.4, -0.2) is 15.3 Å². The minimum Gasteiger partial charge on any atom is -0.452 e. The summed E-state index contributed by atoms with van der Waals surface area (Å²) in [5.74, 6) is 0.752. The highest BCUT2D eigenvalue weighted by atomic mass is 32.2. The number of rotatable bonds is 6. The number of amides is 2. The number of furan rings is 1. The third kappa shape index (κ3) is 4.11. The summed E-state index contributed by atoms with van der Waals surface area (Å²) in [6.45, 7) is -4.66. The second-order valence-corrected chi connectivity index (χ2v) is 9.84. The van der Waals surface area contributed by atoms with Gasteiger partial charge in [0, 0.05) is 25.5 Å². The van der Waals surface area contributed by atoms with E-state index >= 15 is 0 Å². The number of hydrogen-bond donors (Lipinski definition) is 4. The van der Waals surface area contributed by atoms with Crippen LogP contribution in [0.5, 0.6) is 0 Å². The number of aliphatic hydroxyl groups is 1. The van der Waals surface area contributed by atoms with Crippen LogP contribution in [0.1, 0.15) is 76.3 Å². The quantitative estimate of drug-likeness (QED) is 0.526. The molecular formula is C22H29N3O4S. The van der Waals surface area contributed by atoms with Gasteiger partial charge in [-0.2, -0.15) is 0 Å². The first-order valence-electron chi connectivity index (χ1n) is 12.9. The van der Waals surface area contributed by atoms with Gasteiger partial charge in [-0.3, -0.25) is 0 Å². The summed E-state index contributed by atoms with van der Waals surface area (Å²) in [7, 11) is -4.17. The number of urea groups is 1. The average molecular weight is 438 g/mol. The summed E-state index contributed by atoms with van der Waals surface area (Å²) < 4.78 is 73.4. The number of carbonyl (C=O) groups excluding carboxylic acids is 1. The Kier molecular flexibility index (Phi) is 3.62. The first kappa shape index (κ1) is 14.6. The molecule has 1 saturated carbocycles. The molecule has 2 aliphatic rings. The van der Waals surface area contributed by atoms with Crippen molar-refractivity contribution < 1.29 is 26.8 Å². The lowest BCUT2D eigenvalue weighted by molar-refractivity contribution is 0.0779. The van der Waals surface area contributed by atoms with Gasteiger partial charge in [-0.25, -0.2) is 18.5 Å². The lowest BCUT2D eigenvalue weighted by Crippen LogP contribution is -2.34. The fourth-order valence-corrected chi connectivity index (χ4v) is 4.93. The van der Waals surface area contributed by atoms with Gasteiger partial charge in [-0.15, -0.1) is 0 Å². The van der Waals surface area contributed by atoms with E-state index in [-0.39, 0.29) is 5.92 Å². The molecule has 1 fully saturated rings. The molecule has 1 aromatic carbocycles. The van der Waals surface area contributed by atoms with Crippen LogP contribution in [0.15, 0.2) is 34.0 Å². The summed E-state index contributed by atoms with van der Waals surface area (Å²) in [5.41, 5.74) is -0.235. The summed E-state index contributed by atoms with van der Waals surface area (Å²) in [6, 6.07) is 3.88. The van der Waals surface area contributed by atoms with Crippen molar-refractivity contribution in [2.45, 2.75) is 69.3 Å². The van der Waals surface area contributed by atoms with E-state index in [2.05, 4.69) is 23.0 Å². The Labute approximate surface area is 185 Å². The van der Waals surface area contributed by atoms with E-state index in [4.69, 9.17) is 17.4 Å². The molecule has 4 rings (SSSR count). The van der Waals surface area contributed by atoms with Crippen molar-refractivity contribution in [2.24, 2.45) is 5.92 Å². The lowest BCUT2D eigenvalue weighted by Gasteiger charge is -2.20. The van der Waals surface area contributed by atoms with Crippen molar-refractivity contribution in [2.75, 3.05) is 5.32 Å². The van der Waals surface area contributed by atoms with E-state index < -0.39 is 45.9 Å². The highest BCUT2D eigenvalue weighted by molar-refractivity contribution is 7.91. The van der Waals surface area contributed by atoms with Gasteiger partial charge in [-0.05, 0) is 74.3 Å². The predicted molar refractivity (Wildman–Crippen MR) is 115 cm³/mol. The minimum atomic E-state index is -4.17. The second kappa shape index (κ2) is 7.42. The maximum Gasteiger partial charge on any atom is 0.332 e. The third-order valence-electron chi connectivity index (χ3n) is 5.89. The zero-order valence-electron chi connectivity index (χ0n) is 22.6. The van der Waals surface area contributed by atoms with E-state index in [1.54, 1.807) is 0 Å². The number of anilines is 1. The topological polar surface area (TPSA) is 115 Å². The Hall–Kier alpha value is -2.32. The van der Waals surface area contributed by atoms with Crippen molar-refractivity contribution in [1.82, 2.24) is 4.72 Å². The molecule has 2 aromatic rings. The van der Waals surface area contributed by atoms with E-state index in [9.17, 15) is 14.1 Å². The molecule has 0 bridgehead atoms. The number of hydrogen-bond acceptors (Lipinski definition) is 5. The van der Waals surface area contributed by atoms with E-state index in [1.807, 2.05) is 6.07 Å². The fourth-order valence-electron chi connectivity index (χ4n) is 4.04. The van der Waals surface area contributed by atoms with E-state index in [0.717, 1.165) is 54.9 Å². The highest BCUT2D eigenvalue weighted by Crippen LogP contribution is 2.46. The van der Waals surface area contributed by atoms with E-state index in [0.29, 0.717) is 17.9 Å². The molecule has 0 spiro atoms. The molecule has 8 heteroatoms. The lowest BCUT2D eigenvalue weighted by atomic mass is 9.91. The molecule has 30 heavy (non-hydrogen) atoms. The van der Waals surface area contributed by atoms with Crippen LogP contribution >= 0.6 is 0 Å². The standard InChI is InChI=1S/C22H29N3O4S/c1-13(14-7-8-14)17-10-9-15-5-4-6-18(15)20(17)24-21(26)25-30(23,28)19-11-16(12-29-19)22(2,3)27/h9-14,27H,4-8H2,1-3H3,(H3,23,24,25,26,28)/t13-,30?/m0/s1/i2D3,3D3. The molecular weight excluding hydrogens is 402 g/mol. The number of aryl methyl sites for hydroxylation is 1. The van der Waals surface area contributed by atoms with Crippen LogP contribution in [0.2, 0.25) is 0 Å². The monoisotopic (exact) mass is 437 g/mol. The maximum atomic E-state index is 13.0. The summed E-state index contributed by atoms with van der Waals surface area (Å²) in [6.07, 6.45) is 5.49. The number of nitrogens with one attached hydrogen (secondary N) is 3. The molecule has 7 nitrogen and oxygen atoms in total. The average Bonchev–Trinajstić information content (AvgIpc) is 3.27. The number of carbonyl (C=O) groups is 1. The van der Waals surface area contributed by atoms with Crippen LogP contribution in [0.25, 0.3) is 0 Å². The minimum absolute atomic E-state index is 0.219. The van der Waals surface area contributed by atoms with Crippen molar-refractivity contribution in [3.63, 3.8) is 0 Å². The van der Waals surface area contributed by atoms with Gasteiger partial charge in [0.05, 0.1) is 11.9 Å². The van der Waals surface area contributed by atoms with Gasteiger partial charge in [0.2, 0.25) is 5.09 Å². The Morgan fingerprint density at radius 1 is 1.40 bits per heavy atom. The van der Waals surface area contributed by atoms with Crippen molar-refractivity contribution >= 4 is 21.6 Å². The SMILES string of the molecule is [2H]C([2H])([2H])C(O)(c1coc(S(=N)(=O)NC(=O)Nc2c([C@@H](C)C3CC3)ccc3c2CCC3)c1)C([2H])([2H])[2H]. The van der Waals surface area contributed by atoms with E-state index in [1.165, 1.54) is 0 Å². The van der Waals surface area contributed by atoms with Crippen molar-refractivity contribution in [1.29, 1.82) is 4.78 Å². The van der Waals surface area contributed by atoms with Crippen LogP contribution in [0.4, 0.5) is 10.5 Å². The Balaban J connectivity index is 1.59. The largest absolute Gasteiger partial charge is 0.452 e. The molecule has 162 valence electrons. The van der Waals surface area contributed by atoms with Gasteiger partial charge >= 0.3 is 6.03 Å². The van der Waals surface area contributed by atoms with Gasteiger partial charge in [-0.1, -0.05) is 19.1 Å².